The van der Waals surface area contributed by atoms with Crippen molar-refractivity contribution < 1.29 is 9.59 Å². The molecule has 23 heavy (non-hydrogen) atoms. The summed E-state index contributed by atoms with van der Waals surface area (Å²) in [5.74, 6) is -0.359. The van der Waals surface area contributed by atoms with E-state index >= 15 is 0 Å². The molecule has 0 aliphatic rings. The van der Waals surface area contributed by atoms with E-state index in [1.165, 1.54) is 11.8 Å². The number of benzene rings is 1. The summed E-state index contributed by atoms with van der Waals surface area (Å²) in [5, 5.41) is 2.82. The van der Waals surface area contributed by atoms with Gasteiger partial charge in [-0.3, -0.25) is 14.6 Å². The molecule has 1 N–H and O–H groups in total. The number of hydrogen-bond donors (Lipinski definition) is 1. The Morgan fingerprint density at radius 1 is 1.09 bits per heavy atom. The number of carbonyl (C=O) groups is 2. The molecule has 5 nitrogen and oxygen atoms in total. The highest BCUT2D eigenvalue weighted by Gasteiger charge is 2.16. The second-order valence-electron chi connectivity index (χ2n) is 5.51. The molecule has 5 heteroatoms. The van der Waals surface area contributed by atoms with Crippen molar-refractivity contribution in [1.82, 2.24) is 10.3 Å². The van der Waals surface area contributed by atoms with Crippen molar-refractivity contribution in [2.75, 3.05) is 11.4 Å². The van der Waals surface area contributed by atoms with Gasteiger partial charge in [-0.05, 0) is 54.8 Å². The highest BCUT2D eigenvalue weighted by Crippen LogP contribution is 2.18. The van der Waals surface area contributed by atoms with Crippen LogP contribution in [0.3, 0.4) is 0 Å². The minimum absolute atomic E-state index is 0.00289. The first-order valence-electron chi connectivity index (χ1n) is 7.48. The van der Waals surface area contributed by atoms with E-state index in [0.717, 1.165) is 22.4 Å². The van der Waals surface area contributed by atoms with Crippen LogP contribution < -0.4 is 10.2 Å². The van der Waals surface area contributed by atoms with Crippen molar-refractivity contribution in [3.05, 3.63) is 59.4 Å². The maximum absolute atomic E-state index is 12.1. The highest BCUT2D eigenvalue weighted by molar-refractivity contribution is 5.97. The number of pyridine rings is 1. The van der Waals surface area contributed by atoms with Gasteiger partial charge in [-0.2, -0.15) is 0 Å². The van der Waals surface area contributed by atoms with E-state index in [1.54, 1.807) is 12.4 Å². The van der Waals surface area contributed by atoms with Crippen LogP contribution in [0.15, 0.2) is 42.7 Å². The molecule has 2 amide bonds. The summed E-state index contributed by atoms with van der Waals surface area (Å²) < 4.78 is 0. The fourth-order valence-corrected chi connectivity index (χ4v) is 2.18. The SMILES string of the molecule is CC(=O)N(CC(=O)NCc1ccncc1)c1ccc(C)c(C)c1. The Kier molecular flexibility index (Phi) is 5.46. The lowest BCUT2D eigenvalue weighted by Gasteiger charge is -2.21. The second kappa shape index (κ2) is 7.54. The monoisotopic (exact) mass is 311 g/mol. The minimum Gasteiger partial charge on any atom is -0.350 e. The first kappa shape index (κ1) is 16.7. The largest absolute Gasteiger partial charge is 0.350 e. The van der Waals surface area contributed by atoms with Crippen LogP contribution in [0.4, 0.5) is 5.69 Å². The smallest absolute Gasteiger partial charge is 0.240 e. The molecule has 0 radical (unpaired) electrons. The summed E-state index contributed by atoms with van der Waals surface area (Å²) in [7, 11) is 0. The predicted molar refractivity (Wildman–Crippen MR) is 90.0 cm³/mol. The summed E-state index contributed by atoms with van der Waals surface area (Å²) in [6.45, 7) is 5.88. The van der Waals surface area contributed by atoms with Crippen molar-refractivity contribution in [1.29, 1.82) is 0 Å². The molecule has 1 heterocycles. The summed E-state index contributed by atoms with van der Waals surface area (Å²) in [6, 6.07) is 9.42. The van der Waals surface area contributed by atoms with Crippen LogP contribution >= 0.6 is 0 Å². The molecule has 120 valence electrons. The van der Waals surface area contributed by atoms with Crippen LogP contribution in [0.1, 0.15) is 23.6 Å². The van der Waals surface area contributed by atoms with E-state index < -0.39 is 0 Å². The van der Waals surface area contributed by atoms with E-state index in [2.05, 4.69) is 10.3 Å². The Hall–Kier alpha value is -2.69. The van der Waals surface area contributed by atoms with Gasteiger partial charge < -0.3 is 10.2 Å². The van der Waals surface area contributed by atoms with Gasteiger partial charge in [-0.15, -0.1) is 0 Å². The average Bonchev–Trinajstić information content (AvgIpc) is 2.54. The molecule has 2 aromatic rings. The lowest BCUT2D eigenvalue weighted by Crippen LogP contribution is -2.39. The number of hydrogen-bond acceptors (Lipinski definition) is 3. The fourth-order valence-electron chi connectivity index (χ4n) is 2.18. The fraction of sp³-hybridized carbons (Fsp3) is 0.278. The number of rotatable bonds is 5. The Morgan fingerprint density at radius 2 is 1.78 bits per heavy atom. The number of anilines is 1. The molecule has 0 fully saturated rings. The zero-order chi connectivity index (χ0) is 16.8. The molecule has 0 atom stereocenters. The summed E-state index contributed by atoms with van der Waals surface area (Å²) >= 11 is 0. The van der Waals surface area contributed by atoms with Crippen molar-refractivity contribution in [3.8, 4) is 0 Å². The topological polar surface area (TPSA) is 62.3 Å². The molecule has 0 aliphatic heterocycles. The van der Waals surface area contributed by atoms with Crippen molar-refractivity contribution >= 4 is 17.5 Å². The molecular weight excluding hydrogens is 290 g/mol. The lowest BCUT2D eigenvalue weighted by molar-refractivity contribution is -0.123. The van der Waals surface area contributed by atoms with Crippen LogP contribution in [-0.4, -0.2) is 23.3 Å². The standard InChI is InChI=1S/C18H21N3O2/c1-13-4-5-17(10-14(13)2)21(15(3)22)12-18(23)20-11-16-6-8-19-9-7-16/h4-10H,11-12H2,1-3H3,(H,20,23). The first-order chi connectivity index (χ1) is 11.0. The zero-order valence-corrected chi connectivity index (χ0v) is 13.7. The van der Waals surface area contributed by atoms with Crippen molar-refractivity contribution in [2.24, 2.45) is 0 Å². The van der Waals surface area contributed by atoms with Crippen molar-refractivity contribution in [3.63, 3.8) is 0 Å². The Bertz CT molecular complexity index is 699. The number of carbonyl (C=O) groups excluding carboxylic acids is 2. The number of amides is 2. The lowest BCUT2D eigenvalue weighted by atomic mass is 10.1. The Labute approximate surface area is 136 Å². The van der Waals surface area contributed by atoms with Crippen LogP contribution in [0.5, 0.6) is 0 Å². The predicted octanol–water partition coefficient (Wildman–Crippen LogP) is 2.37. The van der Waals surface area contributed by atoms with Crippen molar-refractivity contribution in [2.45, 2.75) is 27.3 Å². The normalized spacial score (nSPS) is 10.2. The third-order valence-electron chi connectivity index (χ3n) is 3.72. The van der Waals surface area contributed by atoms with E-state index in [4.69, 9.17) is 0 Å². The average molecular weight is 311 g/mol. The Balaban J connectivity index is 2.02. The van der Waals surface area contributed by atoms with Gasteiger partial charge in [0.05, 0.1) is 0 Å². The Morgan fingerprint density at radius 3 is 2.39 bits per heavy atom. The van der Waals surface area contributed by atoms with Gasteiger partial charge in [0.15, 0.2) is 0 Å². The van der Waals surface area contributed by atoms with E-state index in [1.807, 2.05) is 44.2 Å². The quantitative estimate of drug-likeness (QED) is 0.922. The maximum atomic E-state index is 12.1. The third-order valence-corrected chi connectivity index (χ3v) is 3.72. The molecule has 1 aromatic carbocycles. The van der Waals surface area contributed by atoms with Gasteiger partial charge in [0.25, 0.3) is 0 Å². The maximum Gasteiger partial charge on any atom is 0.240 e. The van der Waals surface area contributed by atoms with Crippen LogP contribution in [0, 0.1) is 13.8 Å². The molecule has 0 bridgehead atoms. The summed E-state index contributed by atoms with van der Waals surface area (Å²) in [6.07, 6.45) is 3.36. The van der Waals surface area contributed by atoms with Gasteiger partial charge in [0.2, 0.25) is 11.8 Å². The number of nitrogens with one attached hydrogen (secondary N) is 1. The second-order valence-corrected chi connectivity index (χ2v) is 5.51. The van der Waals surface area contributed by atoms with Crippen LogP contribution in [0.2, 0.25) is 0 Å². The van der Waals surface area contributed by atoms with E-state index in [-0.39, 0.29) is 18.4 Å². The van der Waals surface area contributed by atoms with Crippen LogP contribution in [0.25, 0.3) is 0 Å². The van der Waals surface area contributed by atoms with Gasteiger partial charge in [0.1, 0.15) is 6.54 Å². The zero-order valence-electron chi connectivity index (χ0n) is 13.7. The van der Waals surface area contributed by atoms with E-state index in [0.29, 0.717) is 6.54 Å². The molecule has 0 saturated heterocycles. The van der Waals surface area contributed by atoms with Gasteiger partial charge in [-0.1, -0.05) is 6.07 Å². The molecule has 0 saturated carbocycles. The van der Waals surface area contributed by atoms with Gasteiger partial charge in [-0.25, -0.2) is 0 Å². The molecule has 0 spiro atoms. The molecule has 0 aliphatic carbocycles. The number of nitrogens with zero attached hydrogens (tertiary/aromatic N) is 2. The minimum atomic E-state index is -0.199. The van der Waals surface area contributed by atoms with Gasteiger partial charge in [0, 0.05) is 31.5 Å². The summed E-state index contributed by atoms with van der Waals surface area (Å²) in [4.78, 5) is 29.4. The first-order valence-corrected chi connectivity index (χ1v) is 7.48. The molecular formula is C18H21N3O2. The number of aromatic nitrogens is 1. The summed E-state index contributed by atoms with van der Waals surface area (Å²) in [5.41, 5.74) is 3.94. The highest BCUT2D eigenvalue weighted by atomic mass is 16.2. The van der Waals surface area contributed by atoms with Gasteiger partial charge >= 0.3 is 0 Å². The molecule has 0 unspecified atom stereocenters. The number of aryl methyl sites for hydroxylation is 2. The van der Waals surface area contributed by atoms with E-state index in [9.17, 15) is 9.59 Å². The molecule has 2 rings (SSSR count). The third kappa shape index (κ3) is 4.64. The van der Waals surface area contributed by atoms with Crippen LogP contribution in [-0.2, 0) is 16.1 Å². The molecule has 1 aromatic heterocycles.